The van der Waals surface area contributed by atoms with Crippen LogP contribution in [0.4, 0.5) is 0 Å². The summed E-state index contributed by atoms with van der Waals surface area (Å²) in [5.41, 5.74) is 2.82. The molecule has 2 aliphatic heterocycles. The van der Waals surface area contributed by atoms with Crippen LogP contribution in [0.25, 0.3) is 0 Å². The highest BCUT2D eigenvalue weighted by molar-refractivity contribution is 5.77. The molecule has 3 aliphatic rings. The number of hydrogen-bond donors (Lipinski definition) is 1. The van der Waals surface area contributed by atoms with Gasteiger partial charge in [0.1, 0.15) is 0 Å². The summed E-state index contributed by atoms with van der Waals surface area (Å²) in [6, 6.07) is 8.96. The highest BCUT2D eigenvalue weighted by atomic mass is 16.5. The number of amides is 1. The largest absolute Gasteiger partial charge is 0.381 e. The Hall–Kier alpha value is -1.39. The van der Waals surface area contributed by atoms with Crippen LogP contribution in [0, 0.1) is 17.8 Å². The van der Waals surface area contributed by atoms with Gasteiger partial charge in [-0.15, -0.1) is 0 Å². The summed E-state index contributed by atoms with van der Waals surface area (Å²) in [4.78, 5) is 15.4. The number of nitrogens with zero attached hydrogens (tertiary/aromatic N) is 1. The van der Waals surface area contributed by atoms with Crippen molar-refractivity contribution in [2.45, 2.75) is 51.5 Å². The molecule has 148 valence electrons. The zero-order valence-corrected chi connectivity index (χ0v) is 16.8. The lowest BCUT2D eigenvalue weighted by molar-refractivity contribution is -0.123. The van der Waals surface area contributed by atoms with E-state index in [-0.39, 0.29) is 11.9 Å². The predicted molar refractivity (Wildman–Crippen MR) is 108 cm³/mol. The van der Waals surface area contributed by atoms with E-state index < -0.39 is 0 Å². The van der Waals surface area contributed by atoms with Crippen LogP contribution in [0.3, 0.4) is 0 Å². The van der Waals surface area contributed by atoms with Crippen LogP contribution >= 0.6 is 0 Å². The number of nitrogens with one attached hydrogen (secondary N) is 1. The van der Waals surface area contributed by atoms with Gasteiger partial charge in [-0.05, 0) is 35.8 Å². The minimum Gasteiger partial charge on any atom is -0.381 e. The number of ether oxygens (including phenoxy) is 1. The highest BCUT2D eigenvalue weighted by Gasteiger charge is 2.46. The van der Waals surface area contributed by atoms with Crippen molar-refractivity contribution < 1.29 is 9.53 Å². The first-order valence-corrected chi connectivity index (χ1v) is 10.8. The Bertz CT molecular complexity index is 656. The first-order valence-electron chi connectivity index (χ1n) is 10.8. The average Bonchev–Trinajstić information content (AvgIpc) is 3.21. The molecule has 4 nitrogen and oxygen atoms in total. The molecule has 0 radical (unpaired) electrons. The number of fused-ring (bicyclic) bond motifs is 3. The lowest BCUT2D eigenvalue weighted by atomic mass is 9.93. The molecule has 2 saturated heterocycles. The first kappa shape index (κ1) is 18.9. The molecule has 1 aromatic rings. The van der Waals surface area contributed by atoms with Crippen molar-refractivity contribution in [3.63, 3.8) is 0 Å². The number of rotatable bonds is 6. The van der Waals surface area contributed by atoms with Crippen molar-refractivity contribution in [3.8, 4) is 0 Å². The van der Waals surface area contributed by atoms with Crippen molar-refractivity contribution in [2.24, 2.45) is 17.8 Å². The minimum atomic E-state index is 0.181. The SMILES string of the molecule is CC[C@H](C)CN1C[C@@H]2[C@H](NC(=O)CC3CCOCC3)c3ccccc3[C@@H]2C1. The van der Waals surface area contributed by atoms with Gasteiger partial charge in [0.25, 0.3) is 0 Å². The van der Waals surface area contributed by atoms with Crippen molar-refractivity contribution in [2.75, 3.05) is 32.8 Å². The molecular formula is C23H34N2O2. The van der Waals surface area contributed by atoms with Gasteiger partial charge in [0.2, 0.25) is 5.91 Å². The molecule has 1 aliphatic carbocycles. The van der Waals surface area contributed by atoms with Gasteiger partial charge >= 0.3 is 0 Å². The normalized spacial score (nSPS) is 29.3. The summed E-state index contributed by atoms with van der Waals surface area (Å²) < 4.78 is 5.43. The molecule has 1 amide bonds. The Labute approximate surface area is 163 Å². The second-order valence-corrected chi connectivity index (χ2v) is 8.94. The molecule has 2 heterocycles. The predicted octanol–water partition coefficient (Wildman–Crippen LogP) is 3.74. The molecule has 2 fully saturated rings. The van der Waals surface area contributed by atoms with Gasteiger partial charge in [-0.25, -0.2) is 0 Å². The zero-order valence-electron chi connectivity index (χ0n) is 16.8. The molecule has 0 unspecified atom stereocenters. The van der Waals surface area contributed by atoms with Crippen LogP contribution in [0.1, 0.15) is 62.6 Å². The standard InChI is InChI=1S/C23H34N2O2/c1-3-16(2)13-25-14-20-18-6-4-5-7-19(18)23(21(20)15-25)24-22(26)12-17-8-10-27-11-9-17/h4-7,16-17,20-21,23H,3,8-15H2,1-2H3,(H,24,26)/t16-,20-,21-,23+/m0/s1. The van der Waals surface area contributed by atoms with E-state index >= 15 is 0 Å². The second kappa shape index (κ2) is 8.32. The maximum absolute atomic E-state index is 12.8. The van der Waals surface area contributed by atoms with E-state index in [9.17, 15) is 4.79 Å². The van der Waals surface area contributed by atoms with Crippen molar-refractivity contribution in [1.29, 1.82) is 0 Å². The van der Waals surface area contributed by atoms with Gasteiger partial charge in [0.15, 0.2) is 0 Å². The Morgan fingerprint density at radius 3 is 2.70 bits per heavy atom. The lowest BCUT2D eigenvalue weighted by Crippen LogP contribution is -2.35. The number of likely N-dealkylation sites (tertiary alicyclic amines) is 1. The third-order valence-corrected chi connectivity index (χ3v) is 7.00. The van der Waals surface area contributed by atoms with E-state index in [2.05, 4.69) is 48.3 Å². The van der Waals surface area contributed by atoms with Crippen LogP contribution in [0.2, 0.25) is 0 Å². The Kier molecular flexibility index (Phi) is 5.84. The third-order valence-electron chi connectivity index (χ3n) is 7.00. The molecular weight excluding hydrogens is 336 g/mol. The van der Waals surface area contributed by atoms with Crippen LogP contribution < -0.4 is 5.32 Å². The van der Waals surface area contributed by atoms with Crippen molar-refractivity contribution in [1.82, 2.24) is 10.2 Å². The van der Waals surface area contributed by atoms with Gasteiger partial charge in [0.05, 0.1) is 6.04 Å². The quantitative estimate of drug-likeness (QED) is 0.829. The Balaban J connectivity index is 1.45. The molecule has 0 aromatic heterocycles. The molecule has 0 saturated carbocycles. The summed E-state index contributed by atoms with van der Waals surface area (Å²) in [6.45, 7) is 9.64. The number of carbonyl (C=O) groups is 1. The lowest BCUT2D eigenvalue weighted by Gasteiger charge is -2.26. The van der Waals surface area contributed by atoms with E-state index in [1.807, 2.05) is 0 Å². The van der Waals surface area contributed by atoms with Gasteiger partial charge in [-0.1, -0.05) is 44.5 Å². The van der Waals surface area contributed by atoms with Crippen molar-refractivity contribution >= 4 is 5.91 Å². The Morgan fingerprint density at radius 2 is 1.96 bits per heavy atom. The third kappa shape index (κ3) is 4.07. The molecule has 4 rings (SSSR count). The highest BCUT2D eigenvalue weighted by Crippen LogP contribution is 2.49. The average molecular weight is 371 g/mol. The monoisotopic (exact) mass is 370 g/mol. The van der Waals surface area contributed by atoms with E-state index in [0.717, 1.165) is 45.1 Å². The molecule has 4 atom stereocenters. The van der Waals surface area contributed by atoms with E-state index in [0.29, 0.717) is 24.2 Å². The fraction of sp³-hybridized carbons (Fsp3) is 0.696. The van der Waals surface area contributed by atoms with E-state index in [1.165, 1.54) is 24.1 Å². The summed E-state index contributed by atoms with van der Waals surface area (Å²) >= 11 is 0. The second-order valence-electron chi connectivity index (χ2n) is 8.94. The van der Waals surface area contributed by atoms with Crippen molar-refractivity contribution in [3.05, 3.63) is 35.4 Å². The Morgan fingerprint density at radius 1 is 1.22 bits per heavy atom. The number of benzene rings is 1. The summed E-state index contributed by atoms with van der Waals surface area (Å²) in [5.74, 6) is 2.53. The fourth-order valence-corrected chi connectivity index (χ4v) is 5.29. The molecule has 27 heavy (non-hydrogen) atoms. The van der Waals surface area contributed by atoms with Crippen LogP contribution in [-0.4, -0.2) is 43.7 Å². The fourth-order valence-electron chi connectivity index (χ4n) is 5.29. The smallest absolute Gasteiger partial charge is 0.220 e. The van der Waals surface area contributed by atoms with E-state index in [1.54, 1.807) is 0 Å². The molecule has 0 bridgehead atoms. The summed E-state index contributed by atoms with van der Waals surface area (Å²) in [7, 11) is 0. The molecule has 4 heteroatoms. The molecule has 1 aromatic carbocycles. The topological polar surface area (TPSA) is 41.6 Å². The number of hydrogen-bond acceptors (Lipinski definition) is 3. The van der Waals surface area contributed by atoms with Gasteiger partial charge in [0, 0.05) is 51.1 Å². The maximum atomic E-state index is 12.8. The van der Waals surface area contributed by atoms with Crippen LogP contribution in [0.15, 0.2) is 24.3 Å². The maximum Gasteiger partial charge on any atom is 0.220 e. The minimum absolute atomic E-state index is 0.181. The molecule has 0 spiro atoms. The first-order chi connectivity index (χ1) is 13.2. The zero-order chi connectivity index (χ0) is 18.8. The van der Waals surface area contributed by atoms with Crippen LogP contribution in [0.5, 0.6) is 0 Å². The van der Waals surface area contributed by atoms with Gasteiger partial charge < -0.3 is 15.0 Å². The summed E-state index contributed by atoms with van der Waals surface area (Å²) in [6.07, 6.45) is 3.91. The number of carbonyl (C=O) groups excluding carboxylic acids is 1. The van der Waals surface area contributed by atoms with Crippen LogP contribution in [-0.2, 0) is 9.53 Å². The van der Waals surface area contributed by atoms with Gasteiger partial charge in [-0.2, -0.15) is 0 Å². The molecule has 1 N–H and O–H groups in total. The summed E-state index contributed by atoms with van der Waals surface area (Å²) in [5, 5.41) is 3.44. The van der Waals surface area contributed by atoms with Gasteiger partial charge in [-0.3, -0.25) is 4.79 Å². The van der Waals surface area contributed by atoms with E-state index in [4.69, 9.17) is 4.74 Å².